The van der Waals surface area contributed by atoms with E-state index in [4.69, 9.17) is 0 Å². The van der Waals surface area contributed by atoms with Crippen LogP contribution in [0.1, 0.15) is 166 Å². The van der Waals surface area contributed by atoms with Gasteiger partial charge in [-0.1, -0.05) is 147 Å². The molecule has 0 N–H and O–H groups in total. The maximum atomic E-state index is 4.26. The zero-order chi connectivity index (χ0) is 34.1. The van der Waals surface area contributed by atoms with E-state index in [0.717, 1.165) is 25.7 Å². The number of aryl methyl sites for hydroxylation is 2. The molecule has 0 heterocycles. The first-order chi connectivity index (χ1) is 21.7. The Labute approximate surface area is 342 Å². The summed E-state index contributed by atoms with van der Waals surface area (Å²) in [5.74, 6) is 2.03. The number of hydrogen-bond acceptors (Lipinski definition) is 0. The molecule has 5 atom stereocenters. The van der Waals surface area contributed by atoms with Gasteiger partial charge in [0, 0.05) is 0 Å². The summed E-state index contributed by atoms with van der Waals surface area (Å²) < 4.78 is 0. The predicted molar refractivity (Wildman–Crippen MR) is 207 cm³/mol. The summed E-state index contributed by atoms with van der Waals surface area (Å²) >= 11 is 0. The molecule has 0 nitrogen and oxygen atoms in total. The summed E-state index contributed by atoms with van der Waals surface area (Å²) in [6.07, 6.45) is 8.83. The normalized spacial score (nSPS) is 19.0. The van der Waals surface area contributed by atoms with Gasteiger partial charge in [-0.05, 0) is 101 Å². The number of rotatable bonds is 12. The van der Waals surface area contributed by atoms with Crippen molar-refractivity contribution in [2.75, 3.05) is 0 Å². The van der Waals surface area contributed by atoms with E-state index < -0.39 is 8.07 Å². The molecule has 0 aromatic heterocycles. The Morgan fingerprint density at radius 2 is 0.820 bits per heavy atom. The molecule has 1 aliphatic carbocycles. The van der Waals surface area contributed by atoms with Crippen molar-refractivity contribution in [3.8, 4) is 0 Å². The number of hydrogen-bond donors (Lipinski definition) is 0. The predicted octanol–water partition coefficient (Wildman–Crippen LogP) is 2.70. The fourth-order valence-electron chi connectivity index (χ4n) is 8.02. The average Bonchev–Trinajstić information content (AvgIpc) is 3.24. The van der Waals surface area contributed by atoms with Crippen molar-refractivity contribution in [2.24, 2.45) is 0 Å². The minimum Gasteiger partial charge on any atom is -1.00 e. The van der Waals surface area contributed by atoms with Crippen molar-refractivity contribution in [1.29, 1.82) is 0 Å². The molecular weight excluding hydrogens is 723 g/mol. The van der Waals surface area contributed by atoms with Crippen molar-refractivity contribution in [2.45, 2.75) is 151 Å². The Morgan fingerprint density at radius 1 is 0.520 bits per heavy atom. The molecule has 5 heteroatoms. The van der Waals surface area contributed by atoms with Crippen LogP contribution in [0.25, 0.3) is 0 Å². The molecule has 4 rings (SSSR count). The van der Waals surface area contributed by atoms with Gasteiger partial charge in [0.15, 0.2) is 0 Å². The molecule has 0 fully saturated rings. The van der Waals surface area contributed by atoms with Gasteiger partial charge in [0.1, 0.15) is 8.07 Å². The molecule has 0 radical (unpaired) electrons. The third kappa shape index (κ3) is 9.00. The average molecular weight is 786 g/mol. The van der Waals surface area contributed by atoms with Crippen molar-refractivity contribution in [3.63, 3.8) is 0 Å². The van der Waals surface area contributed by atoms with Gasteiger partial charge in [-0.15, -0.1) is 6.92 Å². The van der Waals surface area contributed by atoms with Gasteiger partial charge in [0.25, 0.3) is 0 Å². The number of allylic oxidation sites excluding steroid dienone is 4. The minimum absolute atomic E-state index is 0. The van der Waals surface area contributed by atoms with Gasteiger partial charge in [-0.25, -0.2) is 5.57 Å². The molecule has 5 unspecified atom stereocenters. The number of halogens is 3. The molecule has 3 aromatic carbocycles. The van der Waals surface area contributed by atoms with Crippen LogP contribution in [0.2, 0.25) is 5.04 Å². The third-order valence-electron chi connectivity index (χ3n) is 12.3. The van der Waals surface area contributed by atoms with E-state index in [2.05, 4.69) is 158 Å². The second kappa shape index (κ2) is 19.9. The Bertz CT molecular complexity index is 1490. The Kier molecular flexibility index (Phi) is 19.4. The molecule has 0 amide bonds. The van der Waals surface area contributed by atoms with E-state index in [0.29, 0.717) is 23.7 Å². The molecule has 50 heavy (non-hydrogen) atoms. The SMILES string of the molecule is CCC(C)c1cc(C(C)CC)cc([Si](c2cc(C)cc(C)c2)(c2cc(C(C)CC)cc(C(C)CC)c2)C2(C)[C-]=C(C)C(C)=C2C)c1.[Cl-].[Cl-].[Cl-].[Ti+4]. The smallest absolute Gasteiger partial charge is 1.00 e. The Hall–Kier alpha value is -1.06. The first-order valence-electron chi connectivity index (χ1n) is 18.4. The second-order valence-corrected chi connectivity index (χ2v) is 19.5. The van der Waals surface area contributed by atoms with Gasteiger partial charge in [-0.3, -0.25) is 6.08 Å². The van der Waals surface area contributed by atoms with Crippen molar-refractivity contribution < 1.29 is 58.9 Å². The van der Waals surface area contributed by atoms with Crippen LogP contribution in [-0.2, 0) is 21.7 Å². The molecule has 0 spiro atoms. The monoisotopic (exact) mass is 784 g/mol. The van der Waals surface area contributed by atoms with Crippen LogP contribution in [0.4, 0.5) is 0 Å². The van der Waals surface area contributed by atoms with Crippen LogP contribution in [0.15, 0.2) is 71.3 Å². The van der Waals surface area contributed by atoms with Crippen molar-refractivity contribution >= 4 is 23.6 Å². The van der Waals surface area contributed by atoms with Gasteiger partial charge in [0.2, 0.25) is 0 Å². The molecule has 0 aliphatic heterocycles. The maximum Gasteiger partial charge on any atom is 4.00 e. The Morgan fingerprint density at radius 3 is 1.08 bits per heavy atom. The first kappa shape index (κ1) is 48.9. The summed E-state index contributed by atoms with van der Waals surface area (Å²) in [5, 5.41) is 4.38. The topological polar surface area (TPSA) is 0 Å². The van der Waals surface area contributed by atoms with Crippen molar-refractivity contribution in [1.82, 2.24) is 0 Å². The fraction of sp³-hybridized carbons (Fsp3) is 0.511. The third-order valence-corrected chi connectivity index (χ3v) is 17.7. The van der Waals surface area contributed by atoms with E-state index in [1.54, 1.807) is 10.4 Å². The van der Waals surface area contributed by atoms with Crippen LogP contribution < -0.4 is 52.8 Å². The van der Waals surface area contributed by atoms with E-state index in [9.17, 15) is 0 Å². The van der Waals surface area contributed by atoms with E-state index >= 15 is 0 Å². The first-order valence-corrected chi connectivity index (χ1v) is 20.4. The van der Waals surface area contributed by atoms with E-state index in [1.165, 1.54) is 55.3 Å². The zero-order valence-electron chi connectivity index (χ0n) is 33.5. The summed E-state index contributed by atoms with van der Waals surface area (Å²) in [6, 6.07) is 23.2. The van der Waals surface area contributed by atoms with Gasteiger partial charge < -0.3 is 37.2 Å². The van der Waals surface area contributed by atoms with Gasteiger partial charge >= 0.3 is 21.7 Å². The minimum atomic E-state index is -2.87. The van der Waals surface area contributed by atoms with Crippen molar-refractivity contribution in [3.05, 3.63) is 111 Å². The molecule has 0 bridgehead atoms. The Balaban J connectivity index is 0.00000600. The fourth-order valence-corrected chi connectivity index (χ4v) is 14.3. The van der Waals surface area contributed by atoms with Gasteiger partial charge in [-0.2, -0.15) is 11.1 Å². The molecule has 1 aliphatic rings. The van der Waals surface area contributed by atoms with Crippen LogP contribution in [0.5, 0.6) is 0 Å². The zero-order valence-corrected chi connectivity index (χ0v) is 38.3. The largest absolute Gasteiger partial charge is 4.00 e. The van der Waals surface area contributed by atoms with Gasteiger partial charge in [0.05, 0.1) is 0 Å². The molecule has 0 saturated heterocycles. The van der Waals surface area contributed by atoms with E-state index in [-0.39, 0.29) is 64.0 Å². The second-order valence-electron chi connectivity index (χ2n) is 15.3. The summed E-state index contributed by atoms with van der Waals surface area (Å²) in [5.41, 5.74) is 12.9. The standard InChI is InChI=1S/C45H63Si.3ClH.Ti/c1-15-31(7)38-22-39(32(8)16-2)25-43(24-38)46(42-20-29(5)19-30(6)21-42,45(14)28-35(11)36(12)37(45)13)44-26-40(33(9)17-3)23-41(27-44)34(10)18-4;;;;/h19-27,31-34H,15-18H2,1-14H3;3*1H;/q-1;;;;+4/p-3. The maximum absolute atomic E-state index is 4.26. The van der Waals surface area contributed by atoms with Crippen LogP contribution in [0.3, 0.4) is 0 Å². The van der Waals surface area contributed by atoms with Crippen LogP contribution in [0, 0.1) is 19.9 Å². The van der Waals surface area contributed by atoms with Crippen LogP contribution >= 0.6 is 0 Å². The summed E-state index contributed by atoms with van der Waals surface area (Å²) in [6.45, 7) is 33.3. The number of benzene rings is 3. The summed E-state index contributed by atoms with van der Waals surface area (Å²) in [4.78, 5) is 0. The van der Waals surface area contributed by atoms with Crippen LogP contribution in [-0.4, -0.2) is 8.07 Å². The van der Waals surface area contributed by atoms with E-state index in [1.807, 2.05) is 0 Å². The molecule has 3 aromatic rings. The summed E-state index contributed by atoms with van der Waals surface area (Å²) in [7, 11) is -2.87. The molecule has 0 saturated carbocycles. The quantitative estimate of drug-likeness (QED) is 0.151. The molecular formula is C45H63Cl3SiTi. The molecule has 272 valence electrons.